The number of benzene rings is 2. The molecule has 2 saturated heterocycles. The number of carbonyl (C=O) groups is 2. The summed E-state index contributed by atoms with van der Waals surface area (Å²) >= 11 is 0. The Morgan fingerprint density at radius 2 is 1.07 bits per heavy atom. The minimum atomic E-state index is -0.908. The molecule has 2 aromatic rings. The van der Waals surface area contributed by atoms with E-state index in [1.54, 1.807) is 82.3 Å². The van der Waals surface area contributed by atoms with Gasteiger partial charge in [-0.25, -0.2) is 9.59 Å². The van der Waals surface area contributed by atoms with Crippen molar-refractivity contribution in [2.75, 3.05) is 54.1 Å². The van der Waals surface area contributed by atoms with Crippen LogP contribution in [0.4, 0.5) is 0 Å². The number of cyclic esters (lactones) is 2. The molecule has 0 saturated carbocycles. The van der Waals surface area contributed by atoms with Gasteiger partial charge in [0, 0.05) is 48.6 Å². The van der Waals surface area contributed by atoms with Crippen LogP contribution in [-0.2, 0) is 37.9 Å². The summed E-state index contributed by atoms with van der Waals surface area (Å²) in [7, 11) is 2.98. The fourth-order valence-corrected chi connectivity index (χ4v) is 8.15. The third-order valence-electron chi connectivity index (χ3n) is 12.0. The zero-order chi connectivity index (χ0) is 52.6. The third-order valence-corrected chi connectivity index (χ3v) is 12.0. The zero-order valence-corrected chi connectivity index (χ0v) is 42.9. The first-order chi connectivity index (χ1) is 34.3. The van der Waals surface area contributed by atoms with E-state index in [2.05, 4.69) is 10.0 Å². The van der Waals surface area contributed by atoms with Gasteiger partial charge in [0.05, 0.1) is 25.4 Å². The first-order valence-electron chi connectivity index (χ1n) is 24.1. The molecule has 0 radical (unpaired) electrons. The smallest absolute Gasteiger partial charge is 0.342 e. The van der Waals surface area contributed by atoms with E-state index in [1.807, 2.05) is 45.9 Å². The minimum absolute atomic E-state index is 0.0387. The Kier molecular flexibility index (Phi) is 21.5. The average molecular weight is 1010 g/mol. The van der Waals surface area contributed by atoms with E-state index < -0.39 is 72.3 Å². The number of carbonyl (C=O) groups excluding carboxylic acids is 2. The summed E-state index contributed by atoms with van der Waals surface area (Å²) in [5, 5.41) is 25.1. The van der Waals surface area contributed by atoms with E-state index in [1.165, 1.54) is 14.2 Å². The van der Waals surface area contributed by atoms with Crippen LogP contribution in [0, 0.1) is 11.8 Å². The Bertz CT molecular complexity index is 2290. The molecule has 72 heavy (non-hydrogen) atoms. The molecule has 0 amide bonds. The fraction of sp³-hybridized carbons (Fsp3) is 0.577. The molecular weight excluding hydrogens is 937 g/mol. The number of nitrogens with two attached hydrogens (primary N) is 1. The molecule has 396 valence electrons. The Labute approximate surface area is 421 Å². The molecule has 0 aromatic heterocycles. The van der Waals surface area contributed by atoms with Crippen molar-refractivity contribution in [3.8, 4) is 23.0 Å². The monoisotopic (exact) mass is 1010 g/mol. The molecule has 2 unspecified atom stereocenters. The number of nitrogens with zero attached hydrogens (tertiary/aromatic N) is 3. The molecule has 4 heterocycles. The number of aliphatic hydroxyl groups excluding tert-OH is 2. The van der Waals surface area contributed by atoms with E-state index >= 15 is 0 Å². The lowest BCUT2D eigenvalue weighted by Crippen LogP contribution is -2.34. The van der Waals surface area contributed by atoms with Crippen molar-refractivity contribution in [1.82, 2.24) is 0 Å². The van der Waals surface area contributed by atoms with E-state index in [0.29, 0.717) is 47.8 Å². The van der Waals surface area contributed by atoms with Crippen LogP contribution in [-0.4, -0.2) is 137 Å². The molecule has 0 spiro atoms. The summed E-state index contributed by atoms with van der Waals surface area (Å²) in [6, 6.07) is 6.65. The van der Waals surface area contributed by atoms with E-state index in [9.17, 15) is 19.8 Å². The standard InChI is InChI=1S/C26H35N3O8.C26H37NO8/c1-16-9-10-19(30)24-22(36-26(3,4)37-24)8-6-7-18-20(33-14-13-28-29-27)11-12-21(34-15-32-5)23(18)25(31)35-17(16)2;1-16-9-10-19(28)24-22(34-26(3,4)35-24)8-6-7-18-20(31-14-13-27)11-12-21(32-15-30-5)23(18)25(29)33-17(16)2/h6-7,9-12,16-17,19,22,24,30H,8,13-15H2,1-5H3;6-7,9-12,16-17,19,22,24,28H,8,13-15,27H2,1-5H3/b2*7-6?,10-9-/t2*16-,17+,19?,22+,24-/m11/s1. The molecule has 0 aliphatic carbocycles. The number of ether oxygens (including phenoxy) is 12. The quantitative estimate of drug-likeness (QED) is 0.0335. The van der Waals surface area contributed by atoms with Crippen LogP contribution in [0.1, 0.15) is 100 Å². The molecule has 4 aliphatic rings. The highest BCUT2D eigenvalue weighted by molar-refractivity contribution is 5.99. The van der Waals surface area contributed by atoms with Gasteiger partial charge in [-0.15, -0.1) is 0 Å². The first kappa shape index (κ1) is 57.4. The maximum absolute atomic E-state index is 13.5. The number of aliphatic hydroxyl groups is 2. The van der Waals surface area contributed by atoms with Crippen LogP contribution in [0.3, 0.4) is 0 Å². The second-order valence-electron chi connectivity index (χ2n) is 18.5. The summed E-state index contributed by atoms with van der Waals surface area (Å²) < 4.78 is 68.9. The third kappa shape index (κ3) is 15.7. The Hall–Kier alpha value is -5.51. The van der Waals surface area contributed by atoms with Crippen molar-refractivity contribution in [3.05, 3.63) is 93.4 Å². The number of rotatable bonds is 13. The van der Waals surface area contributed by atoms with Gasteiger partial charge in [-0.3, -0.25) is 0 Å². The lowest BCUT2D eigenvalue weighted by Gasteiger charge is -2.23. The highest BCUT2D eigenvalue weighted by Crippen LogP contribution is 2.38. The van der Waals surface area contributed by atoms with Gasteiger partial charge in [-0.1, -0.05) is 67.6 Å². The van der Waals surface area contributed by atoms with Crippen LogP contribution in [0.2, 0.25) is 0 Å². The van der Waals surface area contributed by atoms with Crippen molar-refractivity contribution in [2.24, 2.45) is 22.7 Å². The molecule has 10 atom stereocenters. The van der Waals surface area contributed by atoms with Gasteiger partial charge in [0.25, 0.3) is 0 Å². The van der Waals surface area contributed by atoms with Gasteiger partial charge in [0.2, 0.25) is 0 Å². The van der Waals surface area contributed by atoms with E-state index in [-0.39, 0.29) is 62.1 Å². The van der Waals surface area contributed by atoms with Crippen molar-refractivity contribution in [1.29, 1.82) is 0 Å². The van der Waals surface area contributed by atoms with Gasteiger partial charge in [-0.2, -0.15) is 0 Å². The SMILES string of the molecule is COCOc1ccc(OCCN)c2c1C(=O)O[C@@H](C)[C@H](C)/C=C\C(O)[C@H]1OC(C)(C)O[C@H]1CC=C2.COCOc1ccc(OCCN=[N+]=[N-])c2c1C(=O)O[C@@H](C)[C@H](C)/C=C\C(O)[C@H]1OC(C)(C)O[C@H]1CC=C2. The van der Waals surface area contributed by atoms with Crippen molar-refractivity contribution < 1.29 is 76.6 Å². The highest BCUT2D eigenvalue weighted by Gasteiger charge is 2.45. The maximum Gasteiger partial charge on any atom is 0.342 e. The summed E-state index contributed by atoms with van der Waals surface area (Å²) in [6.45, 7) is 15.3. The topological polar surface area (TPSA) is 260 Å². The lowest BCUT2D eigenvalue weighted by molar-refractivity contribution is -0.152. The highest BCUT2D eigenvalue weighted by atomic mass is 16.8. The second-order valence-corrected chi connectivity index (χ2v) is 18.5. The summed E-state index contributed by atoms with van der Waals surface area (Å²) in [4.78, 5) is 29.6. The normalized spacial score (nSPS) is 28.8. The predicted molar refractivity (Wildman–Crippen MR) is 265 cm³/mol. The Balaban J connectivity index is 0.000000268. The molecule has 4 N–H and O–H groups in total. The van der Waals surface area contributed by atoms with Gasteiger partial charge in [-0.05, 0) is 84.2 Å². The number of methoxy groups -OCH3 is 2. The summed E-state index contributed by atoms with van der Waals surface area (Å²) in [5.74, 6) is -1.80. The second kappa shape index (κ2) is 27.0. The number of esters is 2. The summed E-state index contributed by atoms with van der Waals surface area (Å²) in [6.07, 6.45) is 10.2. The molecule has 2 aromatic carbocycles. The van der Waals surface area contributed by atoms with Crippen molar-refractivity contribution in [3.63, 3.8) is 0 Å². The summed E-state index contributed by atoms with van der Waals surface area (Å²) in [5.41, 5.74) is 15.5. The maximum atomic E-state index is 13.5. The van der Waals surface area contributed by atoms with Crippen LogP contribution in [0.5, 0.6) is 23.0 Å². The Morgan fingerprint density at radius 3 is 1.47 bits per heavy atom. The molecular formula is C52H72N4O16. The molecule has 4 aliphatic heterocycles. The molecule has 2 fully saturated rings. The average Bonchev–Trinajstić information content (AvgIpc) is 3.84. The lowest BCUT2D eigenvalue weighted by atomic mass is 9.98. The molecule has 20 nitrogen and oxygen atoms in total. The van der Waals surface area contributed by atoms with Gasteiger partial charge < -0.3 is 72.8 Å². The van der Waals surface area contributed by atoms with E-state index in [0.717, 1.165) is 0 Å². The first-order valence-corrected chi connectivity index (χ1v) is 24.1. The van der Waals surface area contributed by atoms with Gasteiger partial charge in [0.15, 0.2) is 25.2 Å². The van der Waals surface area contributed by atoms with Crippen LogP contribution in [0.15, 0.2) is 65.8 Å². The fourth-order valence-electron chi connectivity index (χ4n) is 8.15. The number of azide groups is 1. The number of fused-ring (bicyclic) bond motifs is 4. The molecule has 20 heteroatoms. The Morgan fingerprint density at radius 1 is 0.653 bits per heavy atom. The predicted octanol–water partition coefficient (Wildman–Crippen LogP) is 7.44. The minimum Gasteiger partial charge on any atom is -0.493 e. The molecule has 6 rings (SSSR count). The van der Waals surface area contributed by atoms with Crippen LogP contribution < -0.4 is 24.7 Å². The number of hydrogen-bond acceptors (Lipinski definition) is 18. The van der Waals surface area contributed by atoms with Gasteiger partial charge >= 0.3 is 11.9 Å². The largest absolute Gasteiger partial charge is 0.493 e. The molecule has 0 bridgehead atoms. The number of hydrogen-bond donors (Lipinski definition) is 3. The van der Waals surface area contributed by atoms with Crippen molar-refractivity contribution >= 4 is 24.1 Å². The van der Waals surface area contributed by atoms with Gasteiger partial charge in [0.1, 0.15) is 77.4 Å². The van der Waals surface area contributed by atoms with Crippen LogP contribution >= 0.6 is 0 Å². The van der Waals surface area contributed by atoms with Crippen molar-refractivity contribution in [2.45, 2.75) is 129 Å². The zero-order valence-electron chi connectivity index (χ0n) is 42.9. The van der Waals surface area contributed by atoms with Crippen LogP contribution in [0.25, 0.3) is 22.6 Å². The van der Waals surface area contributed by atoms with E-state index in [4.69, 9.17) is 68.1 Å².